The van der Waals surface area contributed by atoms with Crippen molar-refractivity contribution < 1.29 is 19.1 Å². The molecule has 154 valence electrons. The number of carbonyl (C=O) groups is 2. The van der Waals surface area contributed by atoms with E-state index in [1.807, 2.05) is 6.92 Å². The molecule has 28 heavy (non-hydrogen) atoms. The van der Waals surface area contributed by atoms with Crippen molar-refractivity contribution >= 4 is 11.9 Å². The monoisotopic (exact) mass is 387 g/mol. The lowest BCUT2D eigenvalue weighted by Gasteiger charge is -2.43. The second-order valence-electron chi connectivity index (χ2n) is 9.28. The average Bonchev–Trinajstić information content (AvgIpc) is 2.94. The van der Waals surface area contributed by atoms with Gasteiger partial charge < -0.3 is 14.4 Å². The van der Waals surface area contributed by atoms with Gasteiger partial charge in [-0.25, -0.2) is 0 Å². The Morgan fingerprint density at radius 1 is 1.43 bits per heavy atom. The molecular formula is C23H33NO4. The molecule has 2 aliphatic carbocycles. The molecule has 0 saturated carbocycles. The topological polar surface area (TPSA) is 55.8 Å². The molecule has 0 bridgehead atoms. The van der Waals surface area contributed by atoms with Crippen LogP contribution >= 0.6 is 0 Å². The summed E-state index contributed by atoms with van der Waals surface area (Å²) in [5.74, 6) is -0.206. The van der Waals surface area contributed by atoms with E-state index in [9.17, 15) is 9.59 Å². The van der Waals surface area contributed by atoms with Crippen LogP contribution in [0.1, 0.15) is 52.9 Å². The quantitative estimate of drug-likeness (QED) is 0.691. The molecule has 5 heteroatoms. The molecule has 2 fully saturated rings. The molecule has 4 rings (SSSR count). The molecular weight excluding hydrogens is 354 g/mol. The number of hydrogen-bond donors (Lipinski definition) is 0. The van der Waals surface area contributed by atoms with Crippen LogP contribution < -0.4 is 0 Å². The van der Waals surface area contributed by atoms with Crippen LogP contribution in [0.5, 0.6) is 0 Å². The van der Waals surface area contributed by atoms with E-state index in [-0.39, 0.29) is 41.2 Å². The zero-order chi connectivity index (χ0) is 19.9. The fraction of sp³-hybridized carbons (Fsp3) is 0.739. The SMILES string of the molecule is CCOC(=O)C1CCCN(CC2C(=O)OC3CC4(C)CCC=C(C)C4=CC32)C1. The van der Waals surface area contributed by atoms with Crippen LogP contribution in [0.25, 0.3) is 0 Å². The second kappa shape index (κ2) is 7.66. The highest BCUT2D eigenvalue weighted by Crippen LogP contribution is 2.52. The van der Waals surface area contributed by atoms with Gasteiger partial charge in [-0.2, -0.15) is 0 Å². The number of fused-ring (bicyclic) bond motifs is 2. The van der Waals surface area contributed by atoms with E-state index >= 15 is 0 Å². The van der Waals surface area contributed by atoms with Crippen LogP contribution in [-0.4, -0.2) is 49.2 Å². The van der Waals surface area contributed by atoms with Crippen LogP contribution in [0.2, 0.25) is 0 Å². The van der Waals surface area contributed by atoms with Gasteiger partial charge in [-0.3, -0.25) is 9.59 Å². The van der Waals surface area contributed by atoms with Crippen molar-refractivity contribution in [1.29, 1.82) is 0 Å². The van der Waals surface area contributed by atoms with Crippen LogP contribution in [0.4, 0.5) is 0 Å². The first-order chi connectivity index (χ1) is 13.4. The molecule has 0 aromatic carbocycles. The van der Waals surface area contributed by atoms with Gasteiger partial charge in [-0.05, 0) is 63.5 Å². The standard InChI is InChI=1S/C23H33NO4/c1-4-27-21(25)16-8-6-10-24(13-16)14-18-17-11-19-15(2)7-5-9-23(19,3)12-20(17)28-22(18)26/h7,11,16-18,20H,4-6,8-10,12-14H2,1-3H3. The van der Waals surface area contributed by atoms with Crippen LogP contribution in [0.15, 0.2) is 23.3 Å². The predicted molar refractivity (Wildman–Crippen MR) is 106 cm³/mol. The van der Waals surface area contributed by atoms with E-state index in [0.29, 0.717) is 19.7 Å². The van der Waals surface area contributed by atoms with Gasteiger partial charge in [0.05, 0.1) is 18.4 Å². The van der Waals surface area contributed by atoms with Crippen molar-refractivity contribution in [2.24, 2.45) is 23.2 Å². The molecule has 4 aliphatic rings. The number of piperidine rings is 1. The number of nitrogens with zero attached hydrogens (tertiary/aromatic N) is 1. The summed E-state index contributed by atoms with van der Waals surface area (Å²) in [7, 11) is 0. The van der Waals surface area contributed by atoms with E-state index in [0.717, 1.165) is 38.6 Å². The number of allylic oxidation sites excluding steroid dienone is 3. The molecule has 0 aromatic heterocycles. The average molecular weight is 388 g/mol. The van der Waals surface area contributed by atoms with Gasteiger partial charge in [0, 0.05) is 19.0 Å². The first kappa shape index (κ1) is 19.7. The van der Waals surface area contributed by atoms with Gasteiger partial charge in [-0.1, -0.05) is 24.6 Å². The Kier molecular flexibility index (Phi) is 5.38. The minimum Gasteiger partial charge on any atom is -0.466 e. The maximum Gasteiger partial charge on any atom is 0.311 e. The highest BCUT2D eigenvalue weighted by Gasteiger charge is 2.51. The van der Waals surface area contributed by atoms with Crippen LogP contribution in [-0.2, 0) is 19.1 Å². The second-order valence-corrected chi connectivity index (χ2v) is 9.28. The Bertz CT molecular complexity index is 711. The van der Waals surface area contributed by atoms with E-state index in [1.54, 1.807) is 0 Å². The Hall–Kier alpha value is -1.62. The number of likely N-dealkylation sites (tertiary alicyclic amines) is 1. The Morgan fingerprint density at radius 2 is 2.25 bits per heavy atom. The third kappa shape index (κ3) is 3.54. The van der Waals surface area contributed by atoms with Crippen molar-refractivity contribution in [2.45, 2.75) is 59.0 Å². The zero-order valence-electron chi connectivity index (χ0n) is 17.4. The summed E-state index contributed by atoms with van der Waals surface area (Å²) in [6.07, 6.45) is 9.71. The summed E-state index contributed by atoms with van der Waals surface area (Å²) in [6.45, 7) is 9.09. The molecule has 0 radical (unpaired) electrons. The molecule has 5 nitrogen and oxygen atoms in total. The summed E-state index contributed by atoms with van der Waals surface area (Å²) in [5.41, 5.74) is 2.92. The molecule has 2 saturated heterocycles. The van der Waals surface area contributed by atoms with Crippen molar-refractivity contribution in [3.8, 4) is 0 Å². The highest BCUT2D eigenvalue weighted by molar-refractivity contribution is 5.76. The fourth-order valence-corrected chi connectivity index (χ4v) is 5.79. The summed E-state index contributed by atoms with van der Waals surface area (Å²) in [4.78, 5) is 27.2. The van der Waals surface area contributed by atoms with Gasteiger partial charge >= 0.3 is 11.9 Å². The van der Waals surface area contributed by atoms with E-state index in [2.05, 4.69) is 30.9 Å². The third-order valence-electron chi connectivity index (χ3n) is 7.28. The molecule has 0 aromatic rings. The summed E-state index contributed by atoms with van der Waals surface area (Å²) in [6, 6.07) is 0. The largest absolute Gasteiger partial charge is 0.466 e. The number of carbonyl (C=O) groups excluding carboxylic acids is 2. The smallest absolute Gasteiger partial charge is 0.311 e. The van der Waals surface area contributed by atoms with E-state index in [1.165, 1.54) is 11.1 Å². The molecule has 0 spiro atoms. The van der Waals surface area contributed by atoms with Crippen molar-refractivity contribution in [2.75, 3.05) is 26.2 Å². The fourth-order valence-electron chi connectivity index (χ4n) is 5.79. The maximum absolute atomic E-state index is 12.7. The zero-order valence-corrected chi connectivity index (χ0v) is 17.4. The molecule has 5 atom stereocenters. The number of ether oxygens (including phenoxy) is 2. The first-order valence-electron chi connectivity index (χ1n) is 10.9. The number of esters is 2. The summed E-state index contributed by atoms with van der Waals surface area (Å²) < 4.78 is 11.1. The van der Waals surface area contributed by atoms with Crippen molar-refractivity contribution in [1.82, 2.24) is 4.90 Å². The van der Waals surface area contributed by atoms with Crippen molar-refractivity contribution in [3.05, 3.63) is 23.3 Å². The van der Waals surface area contributed by atoms with Gasteiger partial charge in [-0.15, -0.1) is 0 Å². The minimum absolute atomic E-state index is 0.00259. The summed E-state index contributed by atoms with van der Waals surface area (Å²) in [5, 5.41) is 0. The molecule has 2 heterocycles. The lowest BCUT2D eigenvalue weighted by molar-refractivity contribution is -0.150. The van der Waals surface area contributed by atoms with Gasteiger partial charge in [0.2, 0.25) is 0 Å². The van der Waals surface area contributed by atoms with Crippen LogP contribution in [0, 0.1) is 23.2 Å². The summed E-state index contributed by atoms with van der Waals surface area (Å²) >= 11 is 0. The normalized spacial score (nSPS) is 38.0. The maximum atomic E-state index is 12.7. The number of hydrogen-bond acceptors (Lipinski definition) is 5. The van der Waals surface area contributed by atoms with Crippen LogP contribution in [0.3, 0.4) is 0 Å². The van der Waals surface area contributed by atoms with Crippen molar-refractivity contribution in [3.63, 3.8) is 0 Å². The third-order valence-corrected chi connectivity index (χ3v) is 7.28. The Morgan fingerprint density at radius 3 is 3.04 bits per heavy atom. The van der Waals surface area contributed by atoms with Gasteiger partial charge in [0.15, 0.2) is 0 Å². The van der Waals surface area contributed by atoms with E-state index in [4.69, 9.17) is 9.47 Å². The lowest BCUT2D eigenvalue weighted by Crippen LogP contribution is -2.44. The Balaban J connectivity index is 1.49. The van der Waals surface area contributed by atoms with Gasteiger partial charge in [0.25, 0.3) is 0 Å². The molecule has 2 aliphatic heterocycles. The van der Waals surface area contributed by atoms with Gasteiger partial charge in [0.1, 0.15) is 6.10 Å². The number of rotatable bonds is 4. The molecule has 0 N–H and O–H groups in total. The molecule has 5 unspecified atom stereocenters. The first-order valence-corrected chi connectivity index (χ1v) is 10.9. The predicted octanol–water partition coefficient (Wildman–Crippen LogP) is 3.50. The van der Waals surface area contributed by atoms with E-state index < -0.39 is 0 Å². The Labute approximate surface area is 168 Å². The minimum atomic E-state index is -0.127. The lowest BCUT2D eigenvalue weighted by atomic mass is 9.62. The molecule has 0 amide bonds. The highest BCUT2D eigenvalue weighted by atomic mass is 16.6.